The molecular formula is C13H11BrFNO3S. The van der Waals surface area contributed by atoms with E-state index >= 15 is 0 Å². The maximum atomic E-state index is 13.7. The lowest BCUT2D eigenvalue weighted by Crippen LogP contribution is -2.14. The van der Waals surface area contributed by atoms with Crippen LogP contribution in [0.3, 0.4) is 0 Å². The highest BCUT2D eigenvalue weighted by atomic mass is 79.9. The van der Waals surface area contributed by atoms with Crippen LogP contribution in [0.25, 0.3) is 0 Å². The summed E-state index contributed by atoms with van der Waals surface area (Å²) in [6, 6.07) is 9.96. The van der Waals surface area contributed by atoms with E-state index in [0.29, 0.717) is 10.0 Å². The van der Waals surface area contributed by atoms with Gasteiger partial charge in [0.15, 0.2) is 0 Å². The summed E-state index contributed by atoms with van der Waals surface area (Å²) >= 11 is 3.07. The van der Waals surface area contributed by atoms with Gasteiger partial charge in [0.25, 0.3) is 10.0 Å². The van der Waals surface area contributed by atoms with Crippen LogP contribution in [0, 0.1) is 5.82 Å². The lowest BCUT2D eigenvalue weighted by molar-refractivity contribution is 0.282. The van der Waals surface area contributed by atoms with Gasteiger partial charge in [-0.25, -0.2) is 12.8 Å². The summed E-state index contributed by atoms with van der Waals surface area (Å²) in [5.41, 5.74) is 0.820. The number of hydrogen-bond acceptors (Lipinski definition) is 3. The minimum atomic E-state index is -4.01. The summed E-state index contributed by atoms with van der Waals surface area (Å²) in [4.78, 5) is -0.435. The predicted molar refractivity (Wildman–Crippen MR) is 77.3 cm³/mol. The maximum absolute atomic E-state index is 13.7. The summed E-state index contributed by atoms with van der Waals surface area (Å²) in [7, 11) is -4.01. The number of anilines is 1. The third kappa shape index (κ3) is 3.36. The lowest BCUT2D eigenvalue weighted by atomic mass is 10.2. The Bertz CT molecular complexity index is 734. The molecule has 2 rings (SSSR count). The Balaban J connectivity index is 2.35. The second-order valence-electron chi connectivity index (χ2n) is 4.04. The van der Waals surface area contributed by atoms with Crippen LogP contribution in [-0.4, -0.2) is 13.5 Å². The molecular weight excluding hydrogens is 349 g/mol. The van der Waals surface area contributed by atoms with Crippen molar-refractivity contribution in [1.29, 1.82) is 0 Å². The van der Waals surface area contributed by atoms with Gasteiger partial charge >= 0.3 is 0 Å². The van der Waals surface area contributed by atoms with E-state index in [1.54, 1.807) is 12.1 Å². The monoisotopic (exact) mass is 359 g/mol. The van der Waals surface area contributed by atoms with Crippen LogP contribution in [0.2, 0.25) is 0 Å². The first-order valence-corrected chi connectivity index (χ1v) is 7.87. The number of halogens is 2. The molecule has 20 heavy (non-hydrogen) atoms. The van der Waals surface area contributed by atoms with Crippen molar-refractivity contribution in [2.75, 3.05) is 4.72 Å². The molecule has 0 aliphatic heterocycles. The van der Waals surface area contributed by atoms with Gasteiger partial charge in [0.1, 0.15) is 10.7 Å². The standard InChI is InChI=1S/C13H11BrFNO3S/c14-10-4-5-13(12(15)7-10)20(18,19)16-11-3-1-2-9(6-11)8-17/h1-7,16-17H,8H2. The molecule has 7 heteroatoms. The van der Waals surface area contributed by atoms with Crippen LogP contribution in [0.1, 0.15) is 5.56 Å². The molecule has 2 aromatic carbocycles. The van der Waals surface area contributed by atoms with E-state index in [0.717, 1.165) is 6.07 Å². The van der Waals surface area contributed by atoms with E-state index < -0.39 is 20.7 Å². The Hall–Kier alpha value is -1.44. The first-order chi connectivity index (χ1) is 9.42. The number of benzene rings is 2. The van der Waals surface area contributed by atoms with Crippen LogP contribution in [-0.2, 0) is 16.6 Å². The third-order valence-corrected chi connectivity index (χ3v) is 4.45. The van der Waals surface area contributed by atoms with Gasteiger partial charge in [-0.05, 0) is 35.9 Å². The molecule has 0 saturated heterocycles. The first kappa shape index (κ1) is 15.0. The van der Waals surface area contributed by atoms with Crippen molar-refractivity contribution < 1.29 is 17.9 Å². The highest BCUT2D eigenvalue weighted by Gasteiger charge is 2.19. The van der Waals surface area contributed by atoms with E-state index in [2.05, 4.69) is 20.7 Å². The number of aliphatic hydroxyl groups is 1. The van der Waals surface area contributed by atoms with E-state index in [4.69, 9.17) is 5.11 Å². The summed E-state index contributed by atoms with van der Waals surface area (Å²) in [6.07, 6.45) is 0. The fourth-order valence-electron chi connectivity index (χ4n) is 1.64. The summed E-state index contributed by atoms with van der Waals surface area (Å²) in [5, 5.41) is 9.01. The number of hydrogen-bond donors (Lipinski definition) is 2. The zero-order chi connectivity index (χ0) is 14.8. The molecule has 0 spiro atoms. The van der Waals surface area contributed by atoms with Crippen molar-refractivity contribution >= 4 is 31.6 Å². The van der Waals surface area contributed by atoms with Gasteiger partial charge in [-0.15, -0.1) is 0 Å². The third-order valence-electron chi connectivity index (χ3n) is 2.55. The molecule has 0 saturated carbocycles. The van der Waals surface area contributed by atoms with E-state index in [-0.39, 0.29) is 12.3 Å². The quantitative estimate of drug-likeness (QED) is 0.881. The summed E-state index contributed by atoms with van der Waals surface area (Å²) in [6.45, 7) is -0.206. The Labute approximate surface area is 124 Å². The minimum Gasteiger partial charge on any atom is -0.392 e. The Morgan fingerprint density at radius 1 is 1.20 bits per heavy atom. The molecule has 2 aromatic rings. The van der Waals surface area contributed by atoms with Crippen molar-refractivity contribution in [2.24, 2.45) is 0 Å². The summed E-state index contributed by atoms with van der Waals surface area (Å²) < 4.78 is 40.6. The van der Waals surface area contributed by atoms with Crippen molar-refractivity contribution in [1.82, 2.24) is 0 Å². The SMILES string of the molecule is O=S(=O)(Nc1cccc(CO)c1)c1ccc(Br)cc1F. The lowest BCUT2D eigenvalue weighted by Gasteiger charge is -2.10. The van der Waals surface area contributed by atoms with Crippen LogP contribution >= 0.6 is 15.9 Å². The van der Waals surface area contributed by atoms with Gasteiger partial charge in [-0.2, -0.15) is 0 Å². The number of nitrogens with one attached hydrogen (secondary N) is 1. The fourth-order valence-corrected chi connectivity index (χ4v) is 3.08. The molecule has 0 fully saturated rings. The highest BCUT2D eigenvalue weighted by molar-refractivity contribution is 9.10. The van der Waals surface area contributed by atoms with E-state index in [9.17, 15) is 12.8 Å². The molecule has 0 aromatic heterocycles. The molecule has 0 heterocycles. The first-order valence-electron chi connectivity index (χ1n) is 5.60. The molecule has 0 atom stereocenters. The Kier molecular flexibility index (Phi) is 4.42. The van der Waals surface area contributed by atoms with Crippen molar-refractivity contribution in [3.8, 4) is 0 Å². The van der Waals surface area contributed by atoms with Crippen LogP contribution < -0.4 is 4.72 Å². The topological polar surface area (TPSA) is 66.4 Å². The van der Waals surface area contributed by atoms with Gasteiger partial charge in [-0.1, -0.05) is 28.1 Å². The van der Waals surface area contributed by atoms with Crippen LogP contribution in [0.5, 0.6) is 0 Å². The smallest absolute Gasteiger partial charge is 0.264 e. The average Bonchev–Trinajstić information content (AvgIpc) is 2.37. The minimum absolute atomic E-state index is 0.206. The van der Waals surface area contributed by atoms with Crippen molar-refractivity contribution in [2.45, 2.75) is 11.5 Å². The Morgan fingerprint density at radius 3 is 2.60 bits per heavy atom. The van der Waals surface area contributed by atoms with Crippen LogP contribution in [0.15, 0.2) is 51.8 Å². The molecule has 0 bridgehead atoms. The average molecular weight is 360 g/mol. The highest BCUT2D eigenvalue weighted by Crippen LogP contribution is 2.22. The number of rotatable bonds is 4. The zero-order valence-electron chi connectivity index (χ0n) is 10.2. The van der Waals surface area contributed by atoms with Gasteiger partial charge in [-0.3, -0.25) is 4.72 Å². The molecule has 0 amide bonds. The molecule has 2 N–H and O–H groups in total. The van der Waals surface area contributed by atoms with Gasteiger partial charge < -0.3 is 5.11 Å². The molecule has 0 aliphatic rings. The Morgan fingerprint density at radius 2 is 1.95 bits per heavy atom. The number of sulfonamides is 1. The summed E-state index contributed by atoms with van der Waals surface area (Å²) in [5.74, 6) is -0.842. The second kappa shape index (κ2) is 5.90. The molecule has 0 radical (unpaired) electrons. The fraction of sp³-hybridized carbons (Fsp3) is 0.0769. The van der Waals surface area contributed by atoms with Gasteiger partial charge in [0.2, 0.25) is 0 Å². The van der Waals surface area contributed by atoms with Crippen molar-refractivity contribution in [3.63, 3.8) is 0 Å². The van der Waals surface area contributed by atoms with E-state index in [1.165, 1.54) is 24.3 Å². The van der Waals surface area contributed by atoms with Gasteiger partial charge in [0.05, 0.1) is 6.61 Å². The predicted octanol–water partition coefficient (Wildman–Crippen LogP) is 2.88. The normalized spacial score (nSPS) is 11.3. The number of aliphatic hydroxyl groups excluding tert-OH is 1. The van der Waals surface area contributed by atoms with Crippen molar-refractivity contribution in [3.05, 3.63) is 58.3 Å². The maximum Gasteiger partial charge on any atom is 0.264 e. The molecule has 0 aliphatic carbocycles. The molecule has 4 nitrogen and oxygen atoms in total. The molecule has 106 valence electrons. The molecule has 0 unspecified atom stereocenters. The largest absolute Gasteiger partial charge is 0.392 e. The van der Waals surface area contributed by atoms with E-state index in [1.807, 2.05) is 0 Å². The second-order valence-corrected chi connectivity index (χ2v) is 6.61. The van der Waals surface area contributed by atoms with Crippen LogP contribution in [0.4, 0.5) is 10.1 Å². The van der Waals surface area contributed by atoms with Gasteiger partial charge in [0, 0.05) is 10.2 Å². The zero-order valence-corrected chi connectivity index (χ0v) is 12.6.